The van der Waals surface area contributed by atoms with Crippen LogP contribution in [0, 0.1) is 0 Å². The molecule has 0 atom stereocenters. The van der Waals surface area contributed by atoms with Crippen LogP contribution < -0.4 is 10.9 Å². The summed E-state index contributed by atoms with van der Waals surface area (Å²) in [7, 11) is -8.12. The van der Waals surface area contributed by atoms with Crippen LogP contribution >= 0.6 is 11.6 Å². The van der Waals surface area contributed by atoms with E-state index >= 15 is 0 Å². The lowest BCUT2D eigenvalue weighted by molar-refractivity contribution is 0.590. The molecule has 0 spiro atoms. The minimum Gasteiger partial charge on any atom is -0.397 e. The normalized spacial score (nSPS) is 12.6. The summed E-state index contributed by atoms with van der Waals surface area (Å²) in [5.41, 5.74) is 5.46. The van der Waals surface area contributed by atoms with Gasteiger partial charge in [-0.3, -0.25) is 0 Å². The summed E-state index contributed by atoms with van der Waals surface area (Å²) in [5, 5.41) is 3.69. The van der Waals surface area contributed by atoms with Crippen molar-refractivity contribution in [3.05, 3.63) is 23.2 Å². The molecule has 0 aliphatic carbocycles. The molecule has 0 bridgehead atoms. The summed E-state index contributed by atoms with van der Waals surface area (Å²) in [6, 6.07) is 3.52. The average Bonchev–Trinajstić information content (AvgIpc) is 2.05. The fourth-order valence-electron chi connectivity index (χ4n) is 1.000. The Hall–Kier alpha value is -0.830. The number of sulfonamides is 1. The van der Waals surface area contributed by atoms with E-state index in [-0.39, 0.29) is 15.6 Å². The molecule has 0 saturated heterocycles. The van der Waals surface area contributed by atoms with Gasteiger partial charge >= 0.3 is 0 Å². The second kappa shape index (κ2) is 4.21. The molecular formula is C7H9ClN2O4S2. The predicted octanol–water partition coefficient (Wildman–Crippen LogP) is -0.0581. The van der Waals surface area contributed by atoms with E-state index < -0.39 is 24.9 Å². The second-order valence-electron chi connectivity index (χ2n) is 3.08. The van der Waals surface area contributed by atoms with Gasteiger partial charge in [-0.25, -0.2) is 22.0 Å². The van der Waals surface area contributed by atoms with Gasteiger partial charge in [0.2, 0.25) is 10.0 Å². The van der Waals surface area contributed by atoms with Crippen LogP contribution in [0.2, 0.25) is 5.02 Å². The number of benzene rings is 1. The zero-order valence-electron chi connectivity index (χ0n) is 7.92. The van der Waals surface area contributed by atoms with Crippen LogP contribution in [0.15, 0.2) is 23.1 Å². The molecule has 6 nitrogen and oxygen atoms in total. The van der Waals surface area contributed by atoms with Gasteiger partial charge in [-0.05, 0) is 18.2 Å². The highest BCUT2D eigenvalue weighted by Gasteiger charge is 2.21. The number of halogens is 1. The van der Waals surface area contributed by atoms with Crippen molar-refractivity contribution in [1.29, 1.82) is 0 Å². The molecule has 0 fully saturated rings. The Morgan fingerprint density at radius 3 is 2.19 bits per heavy atom. The van der Waals surface area contributed by atoms with Gasteiger partial charge in [0.15, 0.2) is 14.9 Å². The van der Waals surface area contributed by atoms with Gasteiger partial charge in [-0.2, -0.15) is 0 Å². The first kappa shape index (κ1) is 13.2. The Morgan fingerprint density at radius 1 is 1.19 bits per heavy atom. The van der Waals surface area contributed by atoms with Gasteiger partial charge in [0, 0.05) is 0 Å². The SMILES string of the molecule is Nc1cc(S(=O)(=O)CS(N)(=O)=O)ccc1Cl. The molecule has 0 heterocycles. The number of hydrogen-bond donors (Lipinski definition) is 2. The van der Waals surface area contributed by atoms with Crippen LogP contribution in [-0.4, -0.2) is 21.9 Å². The number of nitrogens with two attached hydrogens (primary N) is 2. The number of sulfone groups is 1. The van der Waals surface area contributed by atoms with Crippen LogP contribution in [0.4, 0.5) is 5.69 Å². The summed E-state index contributed by atoms with van der Waals surface area (Å²) in [6.07, 6.45) is 0. The van der Waals surface area contributed by atoms with Gasteiger partial charge in [-0.15, -0.1) is 0 Å². The zero-order chi connectivity index (χ0) is 12.6. The molecule has 0 unspecified atom stereocenters. The molecule has 1 rings (SSSR count). The van der Waals surface area contributed by atoms with E-state index in [0.29, 0.717) is 0 Å². The second-order valence-corrected chi connectivity index (χ2v) is 7.46. The van der Waals surface area contributed by atoms with Gasteiger partial charge in [-0.1, -0.05) is 11.6 Å². The van der Waals surface area contributed by atoms with Crippen molar-refractivity contribution < 1.29 is 16.8 Å². The Balaban J connectivity index is 3.24. The highest BCUT2D eigenvalue weighted by molar-refractivity contribution is 8.07. The van der Waals surface area contributed by atoms with Gasteiger partial charge in [0.1, 0.15) is 0 Å². The van der Waals surface area contributed by atoms with E-state index in [1.165, 1.54) is 12.1 Å². The Morgan fingerprint density at radius 2 is 1.75 bits per heavy atom. The third kappa shape index (κ3) is 3.34. The molecule has 0 radical (unpaired) electrons. The minimum absolute atomic E-state index is 0.0529. The number of nitrogen functional groups attached to an aromatic ring is 1. The number of primary sulfonamides is 1. The maximum absolute atomic E-state index is 11.6. The van der Waals surface area contributed by atoms with Crippen LogP contribution in [0.1, 0.15) is 0 Å². The van der Waals surface area contributed by atoms with Crippen LogP contribution in [-0.2, 0) is 19.9 Å². The molecule has 0 saturated carbocycles. The Bertz CT molecular complexity index is 609. The standard InChI is InChI=1S/C7H9ClN2O4S2/c8-6-2-1-5(3-7(6)9)15(11,12)4-16(10,13)14/h1-3H,4,9H2,(H2,10,13,14). The van der Waals surface area contributed by atoms with E-state index in [1.54, 1.807) is 0 Å². The molecule has 1 aromatic carbocycles. The lowest BCUT2D eigenvalue weighted by atomic mass is 10.3. The highest BCUT2D eigenvalue weighted by atomic mass is 35.5. The molecule has 16 heavy (non-hydrogen) atoms. The molecule has 90 valence electrons. The fraction of sp³-hybridized carbons (Fsp3) is 0.143. The highest BCUT2D eigenvalue weighted by Crippen LogP contribution is 2.23. The van der Waals surface area contributed by atoms with E-state index in [1.807, 2.05) is 0 Å². The largest absolute Gasteiger partial charge is 0.397 e. The van der Waals surface area contributed by atoms with Crippen molar-refractivity contribution in [2.45, 2.75) is 4.90 Å². The lowest BCUT2D eigenvalue weighted by Gasteiger charge is -2.04. The third-order valence-corrected chi connectivity index (χ3v) is 5.52. The quantitative estimate of drug-likeness (QED) is 0.753. The third-order valence-electron chi connectivity index (χ3n) is 1.65. The van der Waals surface area contributed by atoms with Crippen molar-refractivity contribution in [1.82, 2.24) is 0 Å². The molecule has 4 N–H and O–H groups in total. The minimum atomic E-state index is -4.11. The smallest absolute Gasteiger partial charge is 0.223 e. The first-order valence-electron chi connectivity index (χ1n) is 3.90. The van der Waals surface area contributed by atoms with Gasteiger partial charge < -0.3 is 5.73 Å². The van der Waals surface area contributed by atoms with Gasteiger partial charge in [0.25, 0.3) is 0 Å². The topological polar surface area (TPSA) is 120 Å². The number of anilines is 1. The van der Waals surface area contributed by atoms with E-state index in [4.69, 9.17) is 17.3 Å². The summed E-state index contributed by atoms with van der Waals surface area (Å²) < 4.78 is 44.5. The molecule has 0 aliphatic rings. The lowest BCUT2D eigenvalue weighted by Crippen LogP contribution is -2.23. The van der Waals surface area contributed by atoms with Crippen molar-refractivity contribution in [2.75, 3.05) is 10.8 Å². The van der Waals surface area contributed by atoms with Crippen molar-refractivity contribution >= 4 is 37.1 Å². The molecule has 0 aromatic heterocycles. The molecule has 9 heteroatoms. The molecule has 1 aromatic rings. The molecule has 0 aliphatic heterocycles. The first-order chi connectivity index (χ1) is 7.12. The molecule has 0 amide bonds. The Kier molecular flexibility index (Phi) is 3.48. The van der Waals surface area contributed by atoms with Crippen LogP contribution in [0.3, 0.4) is 0 Å². The van der Waals surface area contributed by atoms with E-state index in [9.17, 15) is 16.8 Å². The number of rotatable bonds is 3. The average molecular weight is 285 g/mol. The predicted molar refractivity (Wildman–Crippen MR) is 61.0 cm³/mol. The summed E-state index contributed by atoms with van der Waals surface area (Å²) in [5.74, 6) is 0. The monoisotopic (exact) mass is 284 g/mol. The fourth-order valence-corrected chi connectivity index (χ4v) is 3.97. The first-order valence-corrected chi connectivity index (χ1v) is 7.65. The van der Waals surface area contributed by atoms with Crippen LogP contribution in [0.5, 0.6) is 0 Å². The van der Waals surface area contributed by atoms with Gasteiger partial charge in [0.05, 0.1) is 15.6 Å². The summed E-state index contributed by atoms with van der Waals surface area (Å²) in [4.78, 5) is -0.233. The van der Waals surface area contributed by atoms with E-state index in [0.717, 1.165) is 6.07 Å². The van der Waals surface area contributed by atoms with Crippen molar-refractivity contribution in [2.24, 2.45) is 5.14 Å². The maximum Gasteiger partial charge on any atom is 0.223 e. The van der Waals surface area contributed by atoms with E-state index in [2.05, 4.69) is 5.14 Å². The summed E-state index contributed by atoms with van der Waals surface area (Å²) in [6.45, 7) is 0. The zero-order valence-corrected chi connectivity index (χ0v) is 10.3. The summed E-state index contributed by atoms with van der Waals surface area (Å²) >= 11 is 5.60. The Labute approximate surface area is 98.2 Å². The molecular weight excluding hydrogens is 276 g/mol. The van der Waals surface area contributed by atoms with Crippen LogP contribution in [0.25, 0.3) is 0 Å². The number of hydrogen-bond acceptors (Lipinski definition) is 5. The van der Waals surface area contributed by atoms with Crippen molar-refractivity contribution in [3.8, 4) is 0 Å². The maximum atomic E-state index is 11.6. The van der Waals surface area contributed by atoms with Crippen molar-refractivity contribution in [3.63, 3.8) is 0 Å².